The second-order valence-electron chi connectivity index (χ2n) is 9.82. The number of aromatic hydroxyl groups is 1. The zero-order valence-electron chi connectivity index (χ0n) is 22.5. The van der Waals surface area contributed by atoms with Gasteiger partial charge in [-0.05, 0) is 48.0 Å². The molecule has 1 amide bonds. The molecule has 1 fully saturated rings. The first-order valence-electron chi connectivity index (χ1n) is 13.2. The molecule has 1 heterocycles. The largest absolute Gasteiger partial charge is 0.508 e. The lowest BCUT2D eigenvalue weighted by atomic mass is 9.99. The van der Waals surface area contributed by atoms with Crippen molar-refractivity contribution in [3.05, 3.63) is 108 Å². The van der Waals surface area contributed by atoms with Gasteiger partial charge in [0.1, 0.15) is 12.4 Å². The maximum absolute atomic E-state index is 11.9. The number of phenolic OH excluding ortho intramolecular Hbond substituents is 1. The Morgan fingerprint density at radius 3 is 2.52 bits per heavy atom. The molecular weight excluding hydrogens is 512 g/mol. The number of ether oxygens (including phenoxy) is 3. The van der Waals surface area contributed by atoms with E-state index in [1.54, 1.807) is 36.4 Å². The van der Waals surface area contributed by atoms with Gasteiger partial charge in [-0.25, -0.2) is 4.79 Å². The van der Waals surface area contributed by atoms with Crippen LogP contribution in [-0.2, 0) is 20.8 Å². The summed E-state index contributed by atoms with van der Waals surface area (Å²) in [6.45, 7) is 4.50. The van der Waals surface area contributed by atoms with Crippen LogP contribution in [0.4, 0.5) is 10.5 Å². The smallest absolute Gasteiger partial charge is 0.411 e. The van der Waals surface area contributed by atoms with Gasteiger partial charge in [0, 0.05) is 30.8 Å². The van der Waals surface area contributed by atoms with E-state index in [-0.39, 0.29) is 31.2 Å². The van der Waals surface area contributed by atoms with E-state index >= 15 is 0 Å². The summed E-state index contributed by atoms with van der Waals surface area (Å²) in [5.74, 6) is 0.111. The molecule has 1 aliphatic heterocycles. The first kappa shape index (κ1) is 29.3. The number of carbonyl (C=O) groups excluding carboxylic acids is 1. The third-order valence-corrected chi connectivity index (χ3v) is 6.63. The number of nitrogens with one attached hydrogen (secondary N) is 1. The Balaban J connectivity index is 1.46. The number of likely N-dealkylation sites (N-methyl/N-ethyl adjacent to an activating group) is 1. The molecule has 0 aliphatic carbocycles. The Bertz CT molecular complexity index is 1250. The molecular formula is C31H36N2O7. The molecule has 3 aromatic carbocycles. The van der Waals surface area contributed by atoms with Crippen molar-refractivity contribution in [1.82, 2.24) is 4.90 Å². The summed E-state index contributed by atoms with van der Waals surface area (Å²) in [5.41, 5.74) is 3.79. The number of aliphatic hydroxyl groups excluding tert-OH is 2. The van der Waals surface area contributed by atoms with Gasteiger partial charge in [0.05, 0.1) is 24.9 Å². The third kappa shape index (κ3) is 8.14. The highest BCUT2D eigenvalue weighted by molar-refractivity contribution is 5.84. The van der Waals surface area contributed by atoms with Gasteiger partial charge in [-0.3, -0.25) is 5.32 Å². The number of hydrogen-bond donors (Lipinski definition) is 4. The second kappa shape index (κ2) is 14.1. The monoisotopic (exact) mass is 548 g/mol. The number of hydrogen-bond acceptors (Lipinski definition) is 8. The molecule has 0 aromatic heterocycles. The van der Waals surface area contributed by atoms with Gasteiger partial charge in [-0.1, -0.05) is 61.2 Å². The van der Waals surface area contributed by atoms with Crippen molar-refractivity contribution in [3.63, 3.8) is 0 Å². The molecule has 4 N–H and O–H groups in total. The molecule has 4 atom stereocenters. The highest BCUT2D eigenvalue weighted by atomic mass is 16.7. The van der Waals surface area contributed by atoms with E-state index in [1.165, 1.54) is 6.08 Å². The molecule has 0 unspecified atom stereocenters. The Labute approximate surface area is 234 Å². The van der Waals surface area contributed by atoms with Crippen LogP contribution in [0.5, 0.6) is 5.75 Å². The summed E-state index contributed by atoms with van der Waals surface area (Å²) in [7, 11) is 1.91. The van der Waals surface area contributed by atoms with Crippen molar-refractivity contribution in [3.8, 4) is 5.75 Å². The maximum atomic E-state index is 11.9. The van der Waals surface area contributed by atoms with Crippen LogP contribution in [0.25, 0.3) is 0 Å². The molecule has 3 aromatic rings. The van der Waals surface area contributed by atoms with Crippen LogP contribution in [0.3, 0.4) is 0 Å². The summed E-state index contributed by atoms with van der Waals surface area (Å²) in [6.07, 6.45) is -0.381. The molecule has 0 radical (unpaired) electrons. The lowest BCUT2D eigenvalue weighted by Gasteiger charge is -2.38. The topological polar surface area (TPSA) is 121 Å². The normalized spacial score (nSPS) is 19.6. The molecule has 40 heavy (non-hydrogen) atoms. The summed E-state index contributed by atoms with van der Waals surface area (Å²) < 4.78 is 17.7. The molecule has 212 valence electrons. The average Bonchev–Trinajstić information content (AvgIpc) is 2.96. The quantitative estimate of drug-likeness (QED) is 0.252. The summed E-state index contributed by atoms with van der Waals surface area (Å²) >= 11 is 0. The van der Waals surface area contributed by atoms with Crippen LogP contribution in [0.2, 0.25) is 0 Å². The fraction of sp³-hybridized carbons (Fsp3) is 0.323. The molecule has 0 saturated carbocycles. The molecule has 9 heteroatoms. The predicted molar refractivity (Wildman–Crippen MR) is 151 cm³/mol. The highest BCUT2D eigenvalue weighted by Crippen LogP contribution is 2.38. The van der Waals surface area contributed by atoms with E-state index in [0.717, 1.165) is 16.7 Å². The molecule has 0 bridgehead atoms. The van der Waals surface area contributed by atoms with Crippen LogP contribution in [0.15, 0.2) is 85.5 Å². The van der Waals surface area contributed by atoms with Crippen LogP contribution >= 0.6 is 0 Å². The predicted octanol–water partition coefficient (Wildman–Crippen LogP) is 4.83. The number of amides is 1. The Kier molecular flexibility index (Phi) is 10.3. The highest BCUT2D eigenvalue weighted by Gasteiger charge is 2.33. The van der Waals surface area contributed by atoms with Gasteiger partial charge in [0.25, 0.3) is 0 Å². The van der Waals surface area contributed by atoms with E-state index in [4.69, 9.17) is 14.2 Å². The summed E-state index contributed by atoms with van der Waals surface area (Å²) in [4.78, 5) is 13.8. The van der Waals surface area contributed by atoms with Crippen LogP contribution < -0.4 is 5.32 Å². The fourth-order valence-corrected chi connectivity index (χ4v) is 4.60. The first-order chi connectivity index (χ1) is 19.3. The maximum Gasteiger partial charge on any atom is 0.411 e. The van der Waals surface area contributed by atoms with Gasteiger partial charge in [0.2, 0.25) is 0 Å². The lowest BCUT2D eigenvalue weighted by molar-refractivity contribution is -0.252. The standard InChI is InChI=1S/C31H36N2O7/c1-3-15-38-31(37)32-25-13-11-23(12-14-25)30-39-27(17-29(40-30)22-9-7-21(20-34)8-10-22)18-33(2)19-28(36)24-5-4-6-26(35)16-24/h3-14,16,27-30,34-36H,1,15,17-20H2,2H3,(H,32,37)/t27-,28-,29+,30+/m1/s1. The van der Waals surface area contributed by atoms with Gasteiger partial charge < -0.3 is 34.4 Å². The minimum atomic E-state index is -0.771. The molecule has 9 nitrogen and oxygen atoms in total. The van der Waals surface area contributed by atoms with Gasteiger partial charge in [-0.2, -0.15) is 0 Å². The van der Waals surface area contributed by atoms with Crippen LogP contribution in [0.1, 0.15) is 47.2 Å². The van der Waals surface area contributed by atoms with Crippen LogP contribution in [0, 0.1) is 0 Å². The van der Waals surface area contributed by atoms with Crippen molar-refractivity contribution in [1.29, 1.82) is 0 Å². The SMILES string of the molecule is C=CCOC(=O)Nc1ccc([C@H]2O[C@@H](CN(C)C[C@@H](O)c3cccc(O)c3)C[C@@H](c3ccc(CO)cc3)O2)cc1. The molecule has 0 spiro atoms. The van der Waals surface area contributed by atoms with Crippen molar-refractivity contribution in [2.45, 2.75) is 37.6 Å². The Morgan fingerprint density at radius 2 is 1.85 bits per heavy atom. The Hall–Kier alpha value is -3.73. The number of anilines is 1. The number of rotatable bonds is 11. The van der Waals surface area contributed by atoms with Crippen molar-refractivity contribution < 1.29 is 34.3 Å². The number of phenols is 1. The van der Waals surface area contributed by atoms with Gasteiger partial charge >= 0.3 is 6.09 Å². The number of benzene rings is 3. The van der Waals surface area contributed by atoms with Gasteiger partial charge in [-0.15, -0.1) is 0 Å². The average molecular weight is 549 g/mol. The van der Waals surface area contributed by atoms with E-state index in [1.807, 2.05) is 48.3 Å². The zero-order chi connectivity index (χ0) is 28.5. The van der Waals surface area contributed by atoms with E-state index in [2.05, 4.69) is 11.9 Å². The minimum absolute atomic E-state index is 0.0337. The summed E-state index contributed by atoms with van der Waals surface area (Å²) in [5, 5.41) is 32.6. The van der Waals surface area contributed by atoms with Crippen molar-refractivity contribution in [2.75, 3.05) is 32.1 Å². The fourth-order valence-electron chi connectivity index (χ4n) is 4.60. The van der Waals surface area contributed by atoms with Crippen LogP contribution in [-0.4, -0.2) is 59.2 Å². The summed E-state index contributed by atoms with van der Waals surface area (Å²) in [6, 6.07) is 21.4. The van der Waals surface area contributed by atoms with E-state index in [9.17, 15) is 20.1 Å². The van der Waals surface area contributed by atoms with Gasteiger partial charge in [0.15, 0.2) is 6.29 Å². The lowest BCUT2D eigenvalue weighted by Crippen LogP contribution is -2.39. The number of aliphatic hydroxyl groups is 2. The number of carbonyl (C=O) groups is 1. The number of nitrogens with zero attached hydrogens (tertiary/aromatic N) is 1. The molecule has 1 aliphatic rings. The Morgan fingerprint density at radius 1 is 1.12 bits per heavy atom. The molecule has 4 rings (SSSR count). The minimum Gasteiger partial charge on any atom is -0.508 e. The van der Waals surface area contributed by atoms with E-state index in [0.29, 0.717) is 30.8 Å². The van der Waals surface area contributed by atoms with Crippen molar-refractivity contribution >= 4 is 11.8 Å². The first-order valence-corrected chi connectivity index (χ1v) is 13.2. The third-order valence-electron chi connectivity index (χ3n) is 6.63. The molecule has 1 saturated heterocycles. The van der Waals surface area contributed by atoms with E-state index < -0.39 is 18.5 Å². The zero-order valence-corrected chi connectivity index (χ0v) is 22.5. The second-order valence-corrected chi connectivity index (χ2v) is 9.82. The van der Waals surface area contributed by atoms with Crippen molar-refractivity contribution in [2.24, 2.45) is 0 Å².